The number of anilines is 2. The van der Waals surface area contributed by atoms with Crippen LogP contribution in [0.2, 0.25) is 5.02 Å². The van der Waals surface area contributed by atoms with Crippen LogP contribution in [0.4, 0.5) is 20.7 Å². The molecule has 0 aromatic carbocycles. The lowest BCUT2D eigenvalue weighted by atomic mass is 10.2. The summed E-state index contributed by atoms with van der Waals surface area (Å²) in [6.45, 7) is 1.32. The third kappa shape index (κ3) is 4.23. The summed E-state index contributed by atoms with van der Waals surface area (Å²) in [7, 11) is 1.56. The zero-order valence-electron chi connectivity index (χ0n) is 16.2. The highest BCUT2D eigenvalue weighted by molar-refractivity contribution is 6.30. The van der Waals surface area contributed by atoms with Gasteiger partial charge in [-0.2, -0.15) is 4.39 Å². The van der Waals surface area contributed by atoms with Crippen molar-refractivity contribution in [1.29, 1.82) is 0 Å². The second-order valence-electron chi connectivity index (χ2n) is 6.50. The summed E-state index contributed by atoms with van der Waals surface area (Å²) in [5.41, 5.74) is 1.03. The number of halogens is 2. The molecule has 13 heteroatoms. The topological polar surface area (TPSA) is 133 Å². The molecular formula is C18H15ClFN7O4. The van der Waals surface area contributed by atoms with Gasteiger partial charge in [0.25, 0.3) is 5.91 Å². The summed E-state index contributed by atoms with van der Waals surface area (Å²) < 4.78 is 25.8. The number of hydrogen-bond acceptors (Lipinski definition) is 8. The Morgan fingerprint density at radius 1 is 1.45 bits per heavy atom. The molecule has 0 unspecified atom stereocenters. The first-order valence-corrected chi connectivity index (χ1v) is 9.32. The molecule has 0 aliphatic carbocycles. The van der Waals surface area contributed by atoms with Crippen molar-refractivity contribution in [2.75, 3.05) is 17.2 Å². The number of carbonyl (C=O) groups is 2. The summed E-state index contributed by atoms with van der Waals surface area (Å²) in [5, 5.41) is 13.3. The number of aryl methyl sites for hydroxylation is 1. The Morgan fingerprint density at radius 3 is 3.06 bits per heavy atom. The van der Waals surface area contributed by atoms with Crippen molar-refractivity contribution in [2.45, 2.75) is 13.0 Å². The number of fused-ring (bicyclic) bond motifs is 1. The van der Waals surface area contributed by atoms with E-state index >= 15 is 0 Å². The van der Waals surface area contributed by atoms with Gasteiger partial charge < -0.3 is 14.8 Å². The maximum atomic E-state index is 13.9. The molecule has 2 amide bonds. The molecule has 0 saturated carbocycles. The minimum Gasteiger partial charge on any atom is -0.466 e. The Hall–Kier alpha value is -3.80. The Morgan fingerprint density at radius 2 is 2.26 bits per heavy atom. The number of carbonyl (C=O) groups excluding carboxylic acids is 2. The van der Waals surface area contributed by atoms with E-state index in [2.05, 4.69) is 30.9 Å². The van der Waals surface area contributed by atoms with Crippen LogP contribution in [0.25, 0.3) is 11.4 Å². The summed E-state index contributed by atoms with van der Waals surface area (Å²) in [4.78, 5) is 31.6. The number of rotatable bonds is 4. The second kappa shape index (κ2) is 8.14. The Kier molecular flexibility index (Phi) is 5.38. The van der Waals surface area contributed by atoms with E-state index in [0.29, 0.717) is 11.4 Å². The highest BCUT2D eigenvalue weighted by Crippen LogP contribution is 2.31. The molecule has 0 bridgehead atoms. The molecule has 160 valence electrons. The molecule has 2 N–H and O–H groups in total. The monoisotopic (exact) mass is 447 g/mol. The van der Waals surface area contributed by atoms with Crippen LogP contribution in [0, 0.1) is 5.95 Å². The highest BCUT2D eigenvalue weighted by atomic mass is 35.5. The first kappa shape index (κ1) is 20.5. The predicted molar refractivity (Wildman–Crippen MR) is 106 cm³/mol. The molecule has 4 heterocycles. The van der Waals surface area contributed by atoms with Crippen LogP contribution in [-0.2, 0) is 16.6 Å². The molecule has 0 saturated heterocycles. The van der Waals surface area contributed by atoms with Crippen molar-refractivity contribution in [1.82, 2.24) is 25.0 Å². The highest BCUT2D eigenvalue weighted by Gasteiger charge is 2.23. The van der Waals surface area contributed by atoms with Gasteiger partial charge >= 0.3 is 6.09 Å². The predicted octanol–water partition coefficient (Wildman–Crippen LogP) is 2.71. The standard InChI is InChI=1S/C18H15ClFN7O4/c1-8(10-5-9(19)6-21-15(10)20)31-18(29)24-16-14(25-26-27(16)2)11-3-4-12-17(23-11)30-7-13(28)22-12/h3-6,8H,7H2,1-2H3,(H,22,28)(H,24,29)/t8-/m1/s1. The third-order valence-corrected chi connectivity index (χ3v) is 4.53. The van der Waals surface area contributed by atoms with Gasteiger partial charge in [0.05, 0.1) is 10.7 Å². The van der Waals surface area contributed by atoms with E-state index in [1.165, 1.54) is 17.7 Å². The first-order chi connectivity index (χ1) is 14.8. The van der Waals surface area contributed by atoms with Crippen LogP contribution in [-0.4, -0.2) is 43.6 Å². The molecule has 0 spiro atoms. The van der Waals surface area contributed by atoms with Gasteiger partial charge in [-0.05, 0) is 25.1 Å². The molecule has 11 nitrogen and oxygen atoms in total. The van der Waals surface area contributed by atoms with E-state index < -0.39 is 18.1 Å². The molecule has 0 radical (unpaired) electrons. The fraction of sp³-hybridized carbons (Fsp3) is 0.222. The molecule has 31 heavy (non-hydrogen) atoms. The van der Waals surface area contributed by atoms with Gasteiger partial charge in [-0.25, -0.2) is 19.4 Å². The first-order valence-electron chi connectivity index (χ1n) is 8.94. The van der Waals surface area contributed by atoms with Gasteiger partial charge in [-0.1, -0.05) is 16.8 Å². The fourth-order valence-corrected chi connectivity index (χ4v) is 3.01. The molecule has 3 aromatic heterocycles. The number of hydrogen-bond donors (Lipinski definition) is 2. The minimum atomic E-state index is -0.963. The Bertz CT molecular complexity index is 1190. The second-order valence-corrected chi connectivity index (χ2v) is 6.94. The average molecular weight is 448 g/mol. The summed E-state index contributed by atoms with van der Waals surface area (Å²) in [6, 6.07) is 4.52. The van der Waals surface area contributed by atoms with Gasteiger partial charge in [0.2, 0.25) is 11.8 Å². The van der Waals surface area contributed by atoms with Crippen molar-refractivity contribution in [2.24, 2.45) is 7.05 Å². The minimum absolute atomic E-state index is 0.0292. The number of pyridine rings is 2. The third-order valence-electron chi connectivity index (χ3n) is 4.32. The molecule has 1 atom stereocenters. The van der Waals surface area contributed by atoms with Gasteiger partial charge in [-0.3, -0.25) is 10.1 Å². The molecule has 0 fully saturated rings. The van der Waals surface area contributed by atoms with Gasteiger partial charge in [0.15, 0.2) is 18.1 Å². The number of ether oxygens (including phenoxy) is 2. The van der Waals surface area contributed by atoms with Crippen molar-refractivity contribution >= 4 is 35.1 Å². The average Bonchev–Trinajstić information content (AvgIpc) is 3.09. The van der Waals surface area contributed by atoms with Crippen LogP contribution in [0.5, 0.6) is 5.88 Å². The van der Waals surface area contributed by atoms with E-state index in [1.807, 2.05) is 0 Å². The van der Waals surface area contributed by atoms with Crippen LogP contribution in [0.15, 0.2) is 24.4 Å². The number of nitrogens with one attached hydrogen (secondary N) is 2. The molecular weight excluding hydrogens is 433 g/mol. The maximum Gasteiger partial charge on any atom is 0.413 e. The van der Waals surface area contributed by atoms with Crippen molar-refractivity contribution < 1.29 is 23.5 Å². The molecule has 4 rings (SSSR count). The van der Waals surface area contributed by atoms with E-state index in [0.717, 1.165) is 6.20 Å². The largest absolute Gasteiger partial charge is 0.466 e. The summed E-state index contributed by atoms with van der Waals surface area (Å²) in [5.74, 6) is -0.673. The van der Waals surface area contributed by atoms with Crippen LogP contribution >= 0.6 is 11.6 Å². The Balaban J connectivity index is 1.54. The smallest absolute Gasteiger partial charge is 0.413 e. The Labute approximate surface area is 179 Å². The lowest BCUT2D eigenvalue weighted by Crippen LogP contribution is -2.26. The lowest BCUT2D eigenvalue weighted by Gasteiger charge is -2.17. The van der Waals surface area contributed by atoms with Crippen LogP contribution < -0.4 is 15.4 Å². The summed E-state index contributed by atoms with van der Waals surface area (Å²) in [6.07, 6.45) is -0.684. The van der Waals surface area contributed by atoms with Crippen molar-refractivity contribution in [3.05, 3.63) is 40.9 Å². The van der Waals surface area contributed by atoms with Gasteiger partial charge in [-0.15, -0.1) is 5.10 Å². The summed E-state index contributed by atoms with van der Waals surface area (Å²) >= 11 is 5.83. The lowest BCUT2D eigenvalue weighted by molar-refractivity contribution is -0.118. The fourth-order valence-electron chi connectivity index (χ4n) is 2.84. The van der Waals surface area contributed by atoms with E-state index in [-0.39, 0.29) is 40.5 Å². The zero-order chi connectivity index (χ0) is 22.1. The zero-order valence-corrected chi connectivity index (χ0v) is 17.0. The number of amides is 2. The van der Waals surface area contributed by atoms with E-state index in [1.54, 1.807) is 19.2 Å². The normalized spacial score (nSPS) is 13.6. The quantitative estimate of drug-likeness (QED) is 0.583. The molecule has 1 aliphatic rings. The number of aromatic nitrogens is 5. The molecule has 3 aromatic rings. The SMILES string of the molecule is C[C@@H](OC(=O)Nc1c(-c2ccc3c(n2)OCC(=O)N3)nnn1C)c1cc(Cl)cnc1F. The van der Waals surface area contributed by atoms with E-state index in [4.69, 9.17) is 21.1 Å². The molecule has 1 aliphatic heterocycles. The van der Waals surface area contributed by atoms with Crippen molar-refractivity contribution in [3.8, 4) is 17.3 Å². The van der Waals surface area contributed by atoms with Gasteiger partial charge in [0, 0.05) is 18.8 Å². The number of nitrogens with zero attached hydrogens (tertiary/aromatic N) is 5. The maximum absolute atomic E-state index is 13.9. The van der Waals surface area contributed by atoms with E-state index in [9.17, 15) is 14.0 Å². The van der Waals surface area contributed by atoms with Gasteiger partial charge in [0.1, 0.15) is 11.8 Å². The van der Waals surface area contributed by atoms with Crippen LogP contribution in [0.1, 0.15) is 18.6 Å². The van der Waals surface area contributed by atoms with Crippen molar-refractivity contribution in [3.63, 3.8) is 0 Å². The van der Waals surface area contributed by atoms with Crippen LogP contribution in [0.3, 0.4) is 0 Å².